The lowest BCUT2D eigenvalue weighted by atomic mass is 10.1. The third-order valence-corrected chi connectivity index (χ3v) is 7.17. The standard InChI is InChI=1S/C26H29FN6O/c1-15-5-8-18-11-22(32(25(18)29-15)12-17-6-7-17)23-16(2)24-21(27)10-19(13-33(24)30-23)26(34)31-9-3-4-20(28)14-31/h5,8,10-11,13,17,20H,3-4,6-7,9,12,14,28H2,1-2H3. The number of nitrogens with zero attached hydrogens (tertiary/aromatic N) is 5. The summed E-state index contributed by atoms with van der Waals surface area (Å²) in [6.07, 6.45) is 5.85. The van der Waals surface area contributed by atoms with Crippen molar-refractivity contribution in [3.05, 3.63) is 53.1 Å². The number of rotatable bonds is 4. The van der Waals surface area contributed by atoms with E-state index in [-0.39, 0.29) is 11.9 Å². The van der Waals surface area contributed by atoms with Gasteiger partial charge in [-0.1, -0.05) is 0 Å². The topological polar surface area (TPSA) is 81.5 Å². The zero-order chi connectivity index (χ0) is 23.6. The van der Waals surface area contributed by atoms with E-state index < -0.39 is 5.82 Å². The van der Waals surface area contributed by atoms with E-state index in [4.69, 9.17) is 15.8 Å². The molecule has 1 amide bonds. The van der Waals surface area contributed by atoms with Crippen LogP contribution in [0.5, 0.6) is 0 Å². The molecule has 5 heterocycles. The van der Waals surface area contributed by atoms with Gasteiger partial charge in [-0.25, -0.2) is 13.9 Å². The number of carbonyl (C=O) groups excluding carboxylic acids is 1. The van der Waals surface area contributed by atoms with Crippen molar-refractivity contribution in [1.82, 2.24) is 24.1 Å². The quantitative estimate of drug-likeness (QED) is 0.498. The molecule has 1 unspecified atom stereocenters. The van der Waals surface area contributed by atoms with Gasteiger partial charge >= 0.3 is 0 Å². The maximum Gasteiger partial charge on any atom is 0.255 e. The van der Waals surface area contributed by atoms with Crippen LogP contribution in [-0.2, 0) is 6.54 Å². The molecule has 1 atom stereocenters. The molecule has 1 aliphatic heterocycles. The predicted molar refractivity (Wildman–Crippen MR) is 129 cm³/mol. The highest BCUT2D eigenvalue weighted by atomic mass is 19.1. The second-order valence-corrected chi connectivity index (χ2v) is 9.95. The predicted octanol–water partition coefficient (Wildman–Crippen LogP) is 4.08. The molecule has 2 fully saturated rings. The van der Waals surface area contributed by atoms with Gasteiger partial charge in [0.15, 0.2) is 0 Å². The first-order chi connectivity index (χ1) is 16.4. The van der Waals surface area contributed by atoms with E-state index in [1.807, 2.05) is 19.9 Å². The van der Waals surface area contributed by atoms with Gasteiger partial charge in [0.25, 0.3) is 5.91 Å². The average Bonchev–Trinajstić information content (AvgIpc) is 3.48. The van der Waals surface area contributed by atoms with Gasteiger partial charge in [-0.15, -0.1) is 0 Å². The molecule has 0 radical (unpaired) electrons. The van der Waals surface area contributed by atoms with Crippen LogP contribution in [0.25, 0.3) is 27.9 Å². The Kier molecular flexibility index (Phi) is 4.95. The summed E-state index contributed by atoms with van der Waals surface area (Å²) < 4.78 is 19.1. The van der Waals surface area contributed by atoms with Gasteiger partial charge in [-0.2, -0.15) is 5.10 Å². The molecule has 4 aromatic rings. The molecule has 2 aliphatic rings. The fraction of sp³-hybridized carbons (Fsp3) is 0.423. The van der Waals surface area contributed by atoms with Crippen molar-refractivity contribution in [1.29, 1.82) is 0 Å². The summed E-state index contributed by atoms with van der Waals surface area (Å²) in [4.78, 5) is 19.6. The van der Waals surface area contributed by atoms with Gasteiger partial charge in [-0.3, -0.25) is 4.79 Å². The minimum absolute atomic E-state index is 0.0320. The molecule has 0 bridgehead atoms. The second kappa shape index (κ2) is 7.91. The number of aromatic nitrogens is 4. The van der Waals surface area contributed by atoms with Gasteiger partial charge in [0.05, 0.1) is 11.3 Å². The van der Waals surface area contributed by atoms with E-state index in [9.17, 15) is 4.79 Å². The molecule has 0 spiro atoms. The summed E-state index contributed by atoms with van der Waals surface area (Å²) in [5.41, 5.74) is 11.1. The number of fused-ring (bicyclic) bond motifs is 2. The molecular formula is C26H29FN6O. The fourth-order valence-electron chi connectivity index (χ4n) is 5.17. The molecule has 2 N–H and O–H groups in total. The zero-order valence-electron chi connectivity index (χ0n) is 19.6. The van der Waals surface area contributed by atoms with Crippen LogP contribution in [0.2, 0.25) is 0 Å². The zero-order valence-corrected chi connectivity index (χ0v) is 19.6. The van der Waals surface area contributed by atoms with Crippen LogP contribution in [0.4, 0.5) is 4.39 Å². The molecule has 7 nitrogen and oxygen atoms in total. The highest BCUT2D eigenvalue weighted by Gasteiger charge is 2.28. The van der Waals surface area contributed by atoms with E-state index in [0.29, 0.717) is 30.1 Å². The van der Waals surface area contributed by atoms with Crippen LogP contribution in [0.1, 0.15) is 47.3 Å². The lowest BCUT2D eigenvalue weighted by Crippen LogP contribution is -2.45. The van der Waals surface area contributed by atoms with E-state index in [0.717, 1.165) is 53.1 Å². The van der Waals surface area contributed by atoms with Crippen LogP contribution in [0.15, 0.2) is 30.5 Å². The van der Waals surface area contributed by atoms with Crippen LogP contribution in [-0.4, -0.2) is 49.1 Å². The summed E-state index contributed by atoms with van der Waals surface area (Å²) in [5.74, 6) is 0.00119. The lowest BCUT2D eigenvalue weighted by molar-refractivity contribution is 0.0707. The first-order valence-electron chi connectivity index (χ1n) is 12.1. The molecular weight excluding hydrogens is 431 g/mol. The number of carbonyl (C=O) groups is 1. The Morgan fingerprint density at radius 3 is 2.79 bits per heavy atom. The number of likely N-dealkylation sites (tertiary alicyclic amines) is 1. The summed E-state index contributed by atoms with van der Waals surface area (Å²) in [7, 11) is 0. The Hall–Kier alpha value is -3.26. The molecule has 6 rings (SSSR count). The monoisotopic (exact) mass is 460 g/mol. The summed E-state index contributed by atoms with van der Waals surface area (Å²) in [6.45, 7) is 5.90. The summed E-state index contributed by atoms with van der Waals surface area (Å²) >= 11 is 0. The molecule has 1 saturated carbocycles. The minimum atomic E-state index is -0.442. The molecule has 4 aromatic heterocycles. The third kappa shape index (κ3) is 3.57. The van der Waals surface area contributed by atoms with Crippen molar-refractivity contribution in [3.63, 3.8) is 0 Å². The summed E-state index contributed by atoms with van der Waals surface area (Å²) in [5, 5.41) is 5.84. The fourth-order valence-corrected chi connectivity index (χ4v) is 5.17. The number of pyridine rings is 2. The smallest absolute Gasteiger partial charge is 0.255 e. The molecule has 34 heavy (non-hydrogen) atoms. The lowest BCUT2D eigenvalue weighted by Gasteiger charge is -2.30. The maximum absolute atomic E-state index is 15.3. The number of aryl methyl sites for hydroxylation is 2. The molecule has 0 aromatic carbocycles. The molecule has 1 saturated heterocycles. The average molecular weight is 461 g/mol. The van der Waals surface area contributed by atoms with Crippen LogP contribution in [0, 0.1) is 25.6 Å². The number of piperidine rings is 1. The number of hydrogen-bond donors (Lipinski definition) is 1. The van der Waals surface area contributed by atoms with Crippen molar-refractivity contribution in [3.8, 4) is 11.4 Å². The normalized spacial score (nSPS) is 18.8. The van der Waals surface area contributed by atoms with E-state index in [2.05, 4.69) is 16.7 Å². The third-order valence-electron chi connectivity index (χ3n) is 7.17. The van der Waals surface area contributed by atoms with Crippen molar-refractivity contribution in [2.24, 2.45) is 11.7 Å². The van der Waals surface area contributed by atoms with Gasteiger partial charge in [0, 0.05) is 48.5 Å². The Labute approximate surface area is 197 Å². The number of amides is 1. The summed E-state index contributed by atoms with van der Waals surface area (Å²) in [6, 6.07) is 7.49. The molecule has 176 valence electrons. The minimum Gasteiger partial charge on any atom is -0.337 e. The Morgan fingerprint density at radius 1 is 1.21 bits per heavy atom. The van der Waals surface area contributed by atoms with E-state index in [1.54, 1.807) is 11.1 Å². The Balaban J connectivity index is 1.46. The van der Waals surface area contributed by atoms with Crippen LogP contribution < -0.4 is 5.73 Å². The highest BCUT2D eigenvalue weighted by Crippen LogP contribution is 2.37. The van der Waals surface area contributed by atoms with Crippen LogP contribution >= 0.6 is 0 Å². The van der Waals surface area contributed by atoms with Gasteiger partial charge in [0.1, 0.15) is 22.7 Å². The van der Waals surface area contributed by atoms with E-state index in [1.165, 1.54) is 23.4 Å². The highest BCUT2D eigenvalue weighted by molar-refractivity contribution is 5.95. The van der Waals surface area contributed by atoms with Gasteiger partial charge in [-0.05, 0) is 69.7 Å². The second-order valence-electron chi connectivity index (χ2n) is 9.95. The van der Waals surface area contributed by atoms with E-state index >= 15 is 4.39 Å². The van der Waals surface area contributed by atoms with Crippen LogP contribution in [0.3, 0.4) is 0 Å². The van der Waals surface area contributed by atoms with Crippen molar-refractivity contribution < 1.29 is 9.18 Å². The number of hydrogen-bond acceptors (Lipinski definition) is 4. The van der Waals surface area contributed by atoms with Crippen molar-refractivity contribution in [2.75, 3.05) is 13.1 Å². The first-order valence-corrected chi connectivity index (χ1v) is 12.1. The molecule has 1 aliphatic carbocycles. The first kappa shape index (κ1) is 21.3. The number of halogens is 1. The van der Waals surface area contributed by atoms with Gasteiger partial charge < -0.3 is 15.2 Å². The Morgan fingerprint density at radius 2 is 2.03 bits per heavy atom. The largest absolute Gasteiger partial charge is 0.337 e. The van der Waals surface area contributed by atoms with Gasteiger partial charge in [0.2, 0.25) is 0 Å². The SMILES string of the molecule is Cc1ccc2cc(-c3nn4cc(C(=O)N5CCCC(N)C5)cc(F)c4c3C)n(CC3CC3)c2n1. The van der Waals surface area contributed by atoms with Crippen molar-refractivity contribution in [2.45, 2.75) is 52.1 Å². The number of nitrogens with two attached hydrogens (primary N) is 1. The van der Waals surface area contributed by atoms with Crippen molar-refractivity contribution >= 4 is 22.5 Å². The molecule has 8 heteroatoms. The maximum atomic E-state index is 15.3. The Bertz CT molecular complexity index is 1430.